The van der Waals surface area contributed by atoms with E-state index in [-0.39, 0.29) is 5.97 Å². The first kappa shape index (κ1) is 12.2. The van der Waals surface area contributed by atoms with Crippen LogP contribution < -0.4 is 4.67 Å². The lowest BCUT2D eigenvalue weighted by Crippen LogP contribution is -2.00. The summed E-state index contributed by atoms with van der Waals surface area (Å²) >= 11 is 5.84. The van der Waals surface area contributed by atoms with Crippen LogP contribution in [0, 0.1) is 0 Å². The van der Waals surface area contributed by atoms with E-state index in [1.807, 2.05) is 0 Å². The van der Waals surface area contributed by atoms with E-state index in [0.29, 0.717) is 15.4 Å². The molecule has 0 amide bonds. The first-order valence-electron chi connectivity index (χ1n) is 4.55. The molecule has 0 atom stereocenters. The van der Waals surface area contributed by atoms with Crippen molar-refractivity contribution >= 4 is 44.1 Å². The van der Waals surface area contributed by atoms with Gasteiger partial charge in [-0.15, -0.1) is 0 Å². The Bertz CT molecular complexity index is 589. The fourth-order valence-electron chi connectivity index (χ4n) is 1.13. The molecule has 1 heterocycles. The van der Waals surface area contributed by atoms with Crippen LogP contribution in [0.4, 0.5) is 5.69 Å². The minimum Gasteiger partial charge on any atom is -0.465 e. The number of hydrogen-bond donors (Lipinski definition) is 0. The fourth-order valence-corrected chi connectivity index (χ4v) is 3.12. The molecule has 0 radical (unpaired) electrons. The molecular weight excluding hydrogens is 280 g/mol. The van der Waals surface area contributed by atoms with E-state index >= 15 is 0 Å². The summed E-state index contributed by atoms with van der Waals surface area (Å²) in [5.74, 6) is -0.366. The minimum absolute atomic E-state index is 0.366. The fraction of sp³-hybridized carbons (Fsp3) is 0.100. The molecule has 2 rings (SSSR count). The van der Waals surface area contributed by atoms with Crippen molar-refractivity contribution in [2.75, 3.05) is 7.11 Å². The van der Waals surface area contributed by atoms with E-state index in [1.165, 1.54) is 28.0 Å². The summed E-state index contributed by atoms with van der Waals surface area (Å²) in [4.78, 5) is 15.5. The number of benzene rings is 1. The lowest BCUT2D eigenvalue weighted by molar-refractivity contribution is 0.0601. The van der Waals surface area contributed by atoms with Gasteiger partial charge in [-0.2, -0.15) is 4.37 Å². The van der Waals surface area contributed by atoms with Crippen LogP contribution in [0.3, 0.4) is 0 Å². The Labute approximate surface area is 110 Å². The third-order valence-electron chi connectivity index (χ3n) is 1.93. The van der Waals surface area contributed by atoms with Crippen molar-refractivity contribution in [3.63, 3.8) is 0 Å². The number of aromatic nitrogens is 1. The van der Waals surface area contributed by atoms with Gasteiger partial charge in [0, 0.05) is 10.5 Å². The normalized spacial score (nSPS) is 11.5. The van der Waals surface area contributed by atoms with E-state index in [9.17, 15) is 4.79 Å². The molecule has 0 fully saturated rings. The quantitative estimate of drug-likeness (QED) is 0.630. The van der Waals surface area contributed by atoms with Gasteiger partial charge < -0.3 is 4.74 Å². The summed E-state index contributed by atoms with van der Waals surface area (Å²) in [6.07, 6.45) is 0. The van der Waals surface area contributed by atoms with Crippen molar-refractivity contribution in [2.45, 2.75) is 0 Å². The molecule has 17 heavy (non-hydrogen) atoms. The molecule has 0 aliphatic rings. The van der Waals surface area contributed by atoms with E-state index in [2.05, 4.69) is 14.1 Å². The highest BCUT2D eigenvalue weighted by molar-refractivity contribution is 7.66. The van der Waals surface area contributed by atoms with Gasteiger partial charge in [0.15, 0.2) is 9.82 Å². The molecule has 2 aromatic rings. The SMILES string of the molecule is COC(=O)c1ccc(N=c2ssnc2Cl)cc1. The number of halogens is 1. The van der Waals surface area contributed by atoms with Crippen LogP contribution in [-0.2, 0) is 4.74 Å². The monoisotopic (exact) mass is 286 g/mol. The maximum atomic E-state index is 11.2. The molecule has 0 saturated carbocycles. The first-order chi connectivity index (χ1) is 8.20. The molecule has 0 aliphatic heterocycles. The summed E-state index contributed by atoms with van der Waals surface area (Å²) in [5.41, 5.74) is 1.21. The molecule has 1 aromatic carbocycles. The van der Waals surface area contributed by atoms with E-state index in [1.54, 1.807) is 24.3 Å². The highest BCUT2D eigenvalue weighted by Gasteiger charge is 2.04. The van der Waals surface area contributed by atoms with Crippen LogP contribution in [0.5, 0.6) is 0 Å². The van der Waals surface area contributed by atoms with Gasteiger partial charge in [-0.25, -0.2) is 9.79 Å². The predicted molar refractivity (Wildman–Crippen MR) is 68.0 cm³/mol. The minimum atomic E-state index is -0.366. The average Bonchev–Trinajstić information content (AvgIpc) is 2.75. The Hall–Kier alpha value is -1.24. The lowest BCUT2D eigenvalue weighted by atomic mass is 10.2. The highest BCUT2D eigenvalue weighted by Crippen LogP contribution is 2.15. The van der Waals surface area contributed by atoms with Crippen LogP contribution in [-0.4, -0.2) is 17.5 Å². The number of carbonyl (C=O) groups is 1. The van der Waals surface area contributed by atoms with Gasteiger partial charge in [0.1, 0.15) is 0 Å². The van der Waals surface area contributed by atoms with E-state index < -0.39 is 0 Å². The van der Waals surface area contributed by atoms with Gasteiger partial charge in [0.25, 0.3) is 0 Å². The maximum absolute atomic E-state index is 11.2. The lowest BCUT2D eigenvalue weighted by Gasteiger charge is -1.98. The number of carbonyl (C=O) groups excluding carboxylic acids is 1. The van der Waals surface area contributed by atoms with Crippen molar-refractivity contribution in [3.8, 4) is 0 Å². The van der Waals surface area contributed by atoms with Crippen LogP contribution in [0.1, 0.15) is 10.4 Å². The van der Waals surface area contributed by atoms with E-state index in [4.69, 9.17) is 11.6 Å². The van der Waals surface area contributed by atoms with Crippen molar-refractivity contribution < 1.29 is 9.53 Å². The van der Waals surface area contributed by atoms with Gasteiger partial charge >= 0.3 is 5.97 Å². The second kappa shape index (κ2) is 5.39. The summed E-state index contributed by atoms with van der Waals surface area (Å²) < 4.78 is 9.20. The number of methoxy groups -OCH3 is 1. The predicted octanol–water partition coefficient (Wildman–Crippen LogP) is 2.88. The van der Waals surface area contributed by atoms with Gasteiger partial charge in [-0.3, -0.25) is 0 Å². The van der Waals surface area contributed by atoms with Gasteiger partial charge in [-0.05, 0) is 34.6 Å². The number of esters is 1. The Morgan fingerprint density at radius 2 is 2.12 bits per heavy atom. The molecule has 1 aromatic heterocycles. The first-order valence-corrected chi connectivity index (χ1v) is 7.04. The van der Waals surface area contributed by atoms with Crippen LogP contribution in [0.15, 0.2) is 29.3 Å². The van der Waals surface area contributed by atoms with Crippen LogP contribution >= 0.6 is 32.5 Å². The molecule has 0 spiro atoms. The van der Waals surface area contributed by atoms with Crippen molar-refractivity contribution in [2.24, 2.45) is 4.99 Å². The number of hydrogen-bond acceptors (Lipinski definition) is 6. The number of nitrogens with zero attached hydrogens (tertiary/aromatic N) is 2. The Balaban J connectivity index is 2.31. The smallest absolute Gasteiger partial charge is 0.337 e. The topological polar surface area (TPSA) is 51.5 Å². The molecule has 88 valence electrons. The zero-order chi connectivity index (χ0) is 12.3. The summed E-state index contributed by atoms with van der Waals surface area (Å²) in [6.45, 7) is 0. The van der Waals surface area contributed by atoms with Crippen molar-refractivity contribution in [1.82, 2.24) is 4.37 Å². The standard InChI is InChI=1S/C10H7ClN2O2S2/c1-15-10(14)6-2-4-7(5-3-6)12-9-8(11)13-17-16-9/h2-5H,1H3. The number of rotatable bonds is 2. The Kier molecular flexibility index (Phi) is 3.88. The van der Waals surface area contributed by atoms with Gasteiger partial charge in [-0.1, -0.05) is 11.6 Å². The Morgan fingerprint density at radius 1 is 1.41 bits per heavy atom. The second-order valence-corrected chi connectivity index (χ2v) is 5.19. The molecule has 7 heteroatoms. The summed E-state index contributed by atoms with van der Waals surface area (Å²) in [6, 6.07) is 6.77. The Morgan fingerprint density at radius 3 is 2.65 bits per heavy atom. The maximum Gasteiger partial charge on any atom is 0.337 e. The van der Waals surface area contributed by atoms with Gasteiger partial charge in [0.2, 0.25) is 0 Å². The molecule has 0 bridgehead atoms. The largest absolute Gasteiger partial charge is 0.465 e. The molecule has 0 saturated heterocycles. The van der Waals surface area contributed by atoms with Gasteiger partial charge in [0.05, 0.1) is 18.4 Å². The van der Waals surface area contributed by atoms with E-state index in [0.717, 1.165) is 5.69 Å². The summed E-state index contributed by atoms with van der Waals surface area (Å²) in [5, 5.41) is 0.400. The zero-order valence-corrected chi connectivity index (χ0v) is 11.1. The highest BCUT2D eigenvalue weighted by atomic mass is 35.5. The van der Waals surface area contributed by atoms with Crippen molar-refractivity contribution in [3.05, 3.63) is 39.7 Å². The van der Waals surface area contributed by atoms with Crippen molar-refractivity contribution in [1.29, 1.82) is 0 Å². The van der Waals surface area contributed by atoms with Crippen LogP contribution in [0.2, 0.25) is 5.15 Å². The molecule has 0 unspecified atom stereocenters. The summed E-state index contributed by atoms with van der Waals surface area (Å²) in [7, 11) is 4.04. The van der Waals surface area contributed by atoms with Crippen LogP contribution in [0.25, 0.3) is 0 Å². The third-order valence-corrected chi connectivity index (χ3v) is 4.10. The molecule has 4 nitrogen and oxygen atoms in total. The zero-order valence-electron chi connectivity index (χ0n) is 8.71. The third kappa shape index (κ3) is 2.91. The second-order valence-electron chi connectivity index (χ2n) is 3.00. The molecule has 0 aliphatic carbocycles. The molecule has 0 N–H and O–H groups in total. The number of ether oxygens (including phenoxy) is 1. The average molecular weight is 287 g/mol. The molecular formula is C10H7ClN2O2S2.